The zero-order valence-corrected chi connectivity index (χ0v) is 12.1. The molecule has 0 aromatic rings. The first kappa shape index (κ1) is 13.8. The summed E-state index contributed by atoms with van der Waals surface area (Å²) in [6.45, 7) is 2.18. The first-order valence-electron chi connectivity index (χ1n) is 7.89. The Morgan fingerprint density at radius 1 is 1.21 bits per heavy atom. The molecule has 0 heterocycles. The van der Waals surface area contributed by atoms with Gasteiger partial charge < -0.3 is 15.2 Å². The largest absolute Gasteiger partial charge is 0.394 e. The molecule has 3 aliphatic carbocycles. The standard InChI is InChI=1S/C15H28N2O2/c1-19-9-8-17(13-4-5-13)14-6-7-15(10-14,11-18)16-12-2-3-12/h12-14,16,18H,2-11H2,1H3. The van der Waals surface area contributed by atoms with E-state index in [1.165, 1.54) is 32.1 Å². The van der Waals surface area contributed by atoms with Crippen LogP contribution in [0.1, 0.15) is 44.9 Å². The topological polar surface area (TPSA) is 44.7 Å². The fourth-order valence-electron chi connectivity index (χ4n) is 3.63. The lowest BCUT2D eigenvalue weighted by Crippen LogP contribution is -2.49. The summed E-state index contributed by atoms with van der Waals surface area (Å²) in [6.07, 6.45) is 8.75. The fourth-order valence-corrected chi connectivity index (χ4v) is 3.63. The van der Waals surface area contributed by atoms with Crippen molar-refractivity contribution in [3.63, 3.8) is 0 Å². The van der Waals surface area contributed by atoms with Gasteiger partial charge in [-0.2, -0.15) is 0 Å². The SMILES string of the molecule is COCCN(C1CC1)C1CCC(CO)(NC2CC2)C1. The highest BCUT2D eigenvalue weighted by atomic mass is 16.5. The number of aliphatic hydroxyl groups excluding tert-OH is 1. The highest BCUT2D eigenvalue weighted by molar-refractivity contribution is 5.04. The summed E-state index contributed by atoms with van der Waals surface area (Å²) in [5, 5.41) is 13.5. The van der Waals surface area contributed by atoms with Crippen LogP contribution in [0.4, 0.5) is 0 Å². The first-order chi connectivity index (χ1) is 9.26. The van der Waals surface area contributed by atoms with Crippen molar-refractivity contribution < 1.29 is 9.84 Å². The monoisotopic (exact) mass is 268 g/mol. The summed E-state index contributed by atoms with van der Waals surface area (Å²) in [5.74, 6) is 0. The molecule has 2 unspecified atom stereocenters. The maximum absolute atomic E-state index is 9.82. The summed E-state index contributed by atoms with van der Waals surface area (Å²) in [7, 11) is 1.78. The van der Waals surface area contributed by atoms with Crippen molar-refractivity contribution in [2.45, 2.75) is 68.6 Å². The Hall–Kier alpha value is -0.160. The number of ether oxygens (including phenoxy) is 1. The molecule has 0 saturated heterocycles. The molecule has 3 aliphatic rings. The lowest BCUT2D eigenvalue weighted by molar-refractivity contribution is 0.103. The Bertz CT molecular complexity index is 305. The van der Waals surface area contributed by atoms with Crippen molar-refractivity contribution in [1.29, 1.82) is 0 Å². The Kier molecular flexibility index (Phi) is 4.13. The van der Waals surface area contributed by atoms with Gasteiger partial charge in [0, 0.05) is 37.3 Å². The van der Waals surface area contributed by atoms with Gasteiger partial charge in [-0.15, -0.1) is 0 Å². The van der Waals surface area contributed by atoms with Crippen LogP contribution < -0.4 is 5.32 Å². The molecule has 0 amide bonds. The molecule has 2 atom stereocenters. The van der Waals surface area contributed by atoms with Gasteiger partial charge in [0.25, 0.3) is 0 Å². The van der Waals surface area contributed by atoms with Gasteiger partial charge in [-0.25, -0.2) is 0 Å². The summed E-state index contributed by atoms with van der Waals surface area (Å²) in [4.78, 5) is 2.65. The molecule has 2 N–H and O–H groups in total. The number of rotatable bonds is 8. The van der Waals surface area contributed by atoms with Crippen molar-refractivity contribution in [3.8, 4) is 0 Å². The van der Waals surface area contributed by atoms with Crippen LogP contribution in [0.25, 0.3) is 0 Å². The van der Waals surface area contributed by atoms with E-state index >= 15 is 0 Å². The van der Waals surface area contributed by atoms with E-state index in [1.54, 1.807) is 7.11 Å². The maximum atomic E-state index is 9.82. The molecule has 0 radical (unpaired) electrons. The molecular weight excluding hydrogens is 240 g/mol. The summed E-state index contributed by atoms with van der Waals surface area (Å²) < 4.78 is 5.26. The van der Waals surface area contributed by atoms with E-state index in [9.17, 15) is 5.11 Å². The number of hydrogen-bond donors (Lipinski definition) is 2. The third-order valence-electron chi connectivity index (χ3n) is 5.01. The third-order valence-corrected chi connectivity index (χ3v) is 5.01. The predicted octanol–water partition coefficient (Wildman–Crippen LogP) is 1.13. The predicted molar refractivity (Wildman–Crippen MR) is 75.2 cm³/mol. The Balaban J connectivity index is 1.58. The molecule has 0 aromatic heterocycles. The van der Waals surface area contributed by atoms with Crippen LogP contribution in [0.2, 0.25) is 0 Å². The van der Waals surface area contributed by atoms with Gasteiger partial charge in [-0.05, 0) is 44.9 Å². The van der Waals surface area contributed by atoms with Crippen molar-refractivity contribution in [2.24, 2.45) is 0 Å². The van der Waals surface area contributed by atoms with Gasteiger partial charge in [0.15, 0.2) is 0 Å². The van der Waals surface area contributed by atoms with Crippen LogP contribution in [0.15, 0.2) is 0 Å². The molecule has 3 saturated carbocycles. The second-order valence-electron chi connectivity index (χ2n) is 6.72. The molecular formula is C15H28N2O2. The minimum Gasteiger partial charge on any atom is -0.394 e. The van der Waals surface area contributed by atoms with Crippen LogP contribution in [0.5, 0.6) is 0 Å². The number of nitrogens with zero attached hydrogens (tertiary/aromatic N) is 1. The molecule has 0 bridgehead atoms. The fraction of sp³-hybridized carbons (Fsp3) is 1.00. The number of hydrogen-bond acceptors (Lipinski definition) is 4. The zero-order valence-electron chi connectivity index (χ0n) is 12.1. The van der Waals surface area contributed by atoms with E-state index in [2.05, 4.69) is 10.2 Å². The van der Waals surface area contributed by atoms with Gasteiger partial charge in [0.2, 0.25) is 0 Å². The quantitative estimate of drug-likeness (QED) is 0.693. The molecule has 19 heavy (non-hydrogen) atoms. The van der Waals surface area contributed by atoms with E-state index in [0.717, 1.165) is 32.0 Å². The van der Waals surface area contributed by atoms with Crippen LogP contribution in [-0.4, -0.2) is 60.5 Å². The van der Waals surface area contributed by atoms with Gasteiger partial charge in [-0.3, -0.25) is 4.90 Å². The van der Waals surface area contributed by atoms with Crippen molar-refractivity contribution >= 4 is 0 Å². The average Bonchev–Trinajstić information content (AvgIpc) is 3.32. The molecule has 0 spiro atoms. The van der Waals surface area contributed by atoms with E-state index < -0.39 is 0 Å². The molecule has 0 aliphatic heterocycles. The molecule has 4 nitrogen and oxygen atoms in total. The van der Waals surface area contributed by atoms with Gasteiger partial charge >= 0.3 is 0 Å². The second kappa shape index (κ2) is 5.68. The Labute approximate surface area is 116 Å². The minimum absolute atomic E-state index is 0.00600. The van der Waals surface area contributed by atoms with Crippen LogP contribution in [-0.2, 0) is 4.74 Å². The van der Waals surface area contributed by atoms with E-state index in [0.29, 0.717) is 18.7 Å². The maximum Gasteiger partial charge on any atom is 0.0614 e. The van der Waals surface area contributed by atoms with Gasteiger partial charge in [-0.1, -0.05) is 0 Å². The highest BCUT2D eigenvalue weighted by Crippen LogP contribution is 2.39. The summed E-state index contributed by atoms with van der Waals surface area (Å²) in [5.41, 5.74) is 0.00600. The molecule has 110 valence electrons. The Morgan fingerprint density at radius 2 is 2.00 bits per heavy atom. The number of nitrogens with one attached hydrogen (secondary N) is 1. The number of aliphatic hydroxyl groups is 1. The minimum atomic E-state index is 0.00600. The lowest BCUT2D eigenvalue weighted by Gasteiger charge is -2.32. The third kappa shape index (κ3) is 3.30. The van der Waals surface area contributed by atoms with Crippen molar-refractivity contribution in [2.75, 3.05) is 26.9 Å². The van der Waals surface area contributed by atoms with Crippen LogP contribution in [0, 0.1) is 0 Å². The van der Waals surface area contributed by atoms with Crippen molar-refractivity contribution in [3.05, 3.63) is 0 Å². The van der Waals surface area contributed by atoms with E-state index in [1.807, 2.05) is 0 Å². The van der Waals surface area contributed by atoms with Crippen LogP contribution in [0.3, 0.4) is 0 Å². The molecule has 3 fully saturated rings. The zero-order chi connectivity index (χ0) is 13.3. The highest BCUT2D eigenvalue weighted by Gasteiger charge is 2.45. The smallest absolute Gasteiger partial charge is 0.0614 e. The lowest BCUT2D eigenvalue weighted by atomic mass is 9.98. The van der Waals surface area contributed by atoms with Crippen LogP contribution >= 0.6 is 0 Å². The van der Waals surface area contributed by atoms with E-state index in [4.69, 9.17) is 4.74 Å². The van der Waals surface area contributed by atoms with Crippen molar-refractivity contribution in [1.82, 2.24) is 10.2 Å². The first-order valence-corrected chi connectivity index (χ1v) is 7.89. The normalized spacial score (nSPS) is 35.2. The van der Waals surface area contributed by atoms with Gasteiger partial charge in [0.05, 0.1) is 13.2 Å². The Morgan fingerprint density at radius 3 is 2.58 bits per heavy atom. The molecule has 3 rings (SSSR count). The van der Waals surface area contributed by atoms with Gasteiger partial charge in [0.1, 0.15) is 0 Å². The summed E-state index contributed by atoms with van der Waals surface area (Å²) in [6, 6.07) is 2.11. The van der Waals surface area contributed by atoms with E-state index in [-0.39, 0.29) is 5.54 Å². The number of methoxy groups -OCH3 is 1. The second-order valence-corrected chi connectivity index (χ2v) is 6.72. The average molecular weight is 268 g/mol. The molecule has 0 aromatic carbocycles. The summed E-state index contributed by atoms with van der Waals surface area (Å²) >= 11 is 0. The molecule has 4 heteroatoms.